The van der Waals surface area contributed by atoms with E-state index in [0.29, 0.717) is 17.9 Å². The second kappa shape index (κ2) is 5.74. The molecule has 94 valence electrons. The molecule has 0 aliphatic carbocycles. The fourth-order valence-electron chi connectivity index (χ4n) is 1.50. The minimum atomic E-state index is -0.960. The van der Waals surface area contributed by atoms with Crippen molar-refractivity contribution >= 4 is 30.1 Å². The van der Waals surface area contributed by atoms with Gasteiger partial charge in [0.05, 0.1) is 10.4 Å². The lowest BCUT2D eigenvalue weighted by molar-refractivity contribution is -0.125. The number of thiol groups is 1. The molecule has 1 aromatic carbocycles. The third kappa shape index (κ3) is 3.13. The van der Waals surface area contributed by atoms with Gasteiger partial charge in [0.1, 0.15) is 5.82 Å². The minimum Gasteiger partial charge on any atom is -0.355 e. The molecule has 0 fully saturated rings. The van der Waals surface area contributed by atoms with Crippen LogP contribution in [0.2, 0.25) is 5.02 Å². The van der Waals surface area contributed by atoms with Crippen LogP contribution in [0.25, 0.3) is 0 Å². The first-order chi connectivity index (χ1) is 7.91. The highest BCUT2D eigenvalue weighted by Crippen LogP contribution is 2.29. The summed E-state index contributed by atoms with van der Waals surface area (Å²) in [4.78, 5) is 11.9. The lowest BCUT2D eigenvalue weighted by atomic mass is 9.83. The molecular formula is C12H15ClFNOS. The molecule has 0 aliphatic heterocycles. The largest absolute Gasteiger partial charge is 0.355 e. The van der Waals surface area contributed by atoms with Crippen LogP contribution in [0, 0.1) is 5.82 Å². The van der Waals surface area contributed by atoms with Crippen LogP contribution in [0.1, 0.15) is 19.4 Å². The van der Waals surface area contributed by atoms with Crippen molar-refractivity contribution in [2.45, 2.75) is 19.3 Å². The second-order valence-electron chi connectivity index (χ2n) is 4.21. The van der Waals surface area contributed by atoms with Gasteiger partial charge in [-0.25, -0.2) is 4.39 Å². The van der Waals surface area contributed by atoms with Crippen LogP contribution < -0.4 is 5.32 Å². The maximum Gasteiger partial charge on any atom is 0.230 e. The second-order valence-corrected chi connectivity index (χ2v) is 5.06. The van der Waals surface area contributed by atoms with Gasteiger partial charge in [0, 0.05) is 17.9 Å². The molecule has 2 nitrogen and oxygen atoms in total. The predicted molar refractivity (Wildman–Crippen MR) is 71.3 cm³/mol. The number of hydrogen-bond acceptors (Lipinski definition) is 2. The predicted octanol–water partition coefficient (Wildman–Crippen LogP) is 2.80. The SMILES string of the molecule is CC(C)(C(=O)NCCS)c1cccc(Cl)c1F. The van der Waals surface area contributed by atoms with E-state index in [1.54, 1.807) is 26.0 Å². The van der Waals surface area contributed by atoms with Gasteiger partial charge in [0.2, 0.25) is 5.91 Å². The first kappa shape index (κ1) is 14.3. The van der Waals surface area contributed by atoms with Crippen molar-refractivity contribution in [3.05, 3.63) is 34.6 Å². The Hall–Kier alpha value is -0.740. The highest BCUT2D eigenvalue weighted by Gasteiger charge is 2.32. The van der Waals surface area contributed by atoms with E-state index in [-0.39, 0.29) is 10.9 Å². The van der Waals surface area contributed by atoms with Crippen LogP contribution in [-0.4, -0.2) is 18.2 Å². The number of benzene rings is 1. The molecule has 0 saturated carbocycles. The quantitative estimate of drug-likeness (QED) is 0.813. The van der Waals surface area contributed by atoms with Crippen molar-refractivity contribution in [2.24, 2.45) is 0 Å². The van der Waals surface area contributed by atoms with Crippen molar-refractivity contribution in [3.63, 3.8) is 0 Å². The molecule has 1 amide bonds. The van der Waals surface area contributed by atoms with E-state index in [1.165, 1.54) is 6.07 Å². The number of nitrogens with one attached hydrogen (secondary N) is 1. The van der Waals surface area contributed by atoms with Gasteiger partial charge < -0.3 is 5.32 Å². The van der Waals surface area contributed by atoms with E-state index >= 15 is 0 Å². The standard InChI is InChI=1S/C12H15ClFNOS/c1-12(2,11(16)15-6-7-17)8-4-3-5-9(13)10(8)14/h3-5,17H,6-7H2,1-2H3,(H,15,16). The molecule has 0 spiro atoms. The normalized spacial score (nSPS) is 11.4. The van der Waals surface area contributed by atoms with Crippen molar-refractivity contribution in [1.82, 2.24) is 5.32 Å². The average Bonchev–Trinajstić information content (AvgIpc) is 2.29. The molecule has 1 N–H and O–H groups in total. The highest BCUT2D eigenvalue weighted by atomic mass is 35.5. The smallest absolute Gasteiger partial charge is 0.230 e. The molecule has 0 unspecified atom stereocenters. The first-order valence-electron chi connectivity index (χ1n) is 5.25. The van der Waals surface area contributed by atoms with Gasteiger partial charge in [-0.05, 0) is 19.9 Å². The molecule has 0 aliphatic rings. The fourth-order valence-corrected chi connectivity index (χ4v) is 1.79. The minimum absolute atomic E-state index is 0.0255. The summed E-state index contributed by atoms with van der Waals surface area (Å²) in [6, 6.07) is 4.66. The monoisotopic (exact) mass is 275 g/mol. The zero-order valence-corrected chi connectivity index (χ0v) is 11.4. The average molecular weight is 276 g/mol. The van der Waals surface area contributed by atoms with E-state index in [0.717, 1.165) is 0 Å². The Labute approximate surface area is 111 Å². The summed E-state index contributed by atoms with van der Waals surface area (Å²) < 4.78 is 13.9. The Bertz CT molecular complexity index is 423. The number of rotatable bonds is 4. The maximum absolute atomic E-state index is 13.9. The Balaban J connectivity index is 3.04. The molecule has 0 radical (unpaired) electrons. The lowest BCUT2D eigenvalue weighted by Gasteiger charge is -2.24. The molecule has 1 aromatic rings. The van der Waals surface area contributed by atoms with Crippen LogP contribution in [-0.2, 0) is 10.2 Å². The van der Waals surface area contributed by atoms with Crippen LogP contribution in [0.3, 0.4) is 0 Å². The first-order valence-corrected chi connectivity index (χ1v) is 6.26. The number of halogens is 2. The summed E-state index contributed by atoms with van der Waals surface area (Å²) in [5, 5.41) is 2.72. The molecule has 17 heavy (non-hydrogen) atoms. The van der Waals surface area contributed by atoms with E-state index in [1.807, 2.05) is 0 Å². The van der Waals surface area contributed by atoms with Crippen molar-refractivity contribution in [2.75, 3.05) is 12.3 Å². The van der Waals surface area contributed by atoms with Gasteiger partial charge in [-0.2, -0.15) is 12.6 Å². The third-order valence-corrected chi connectivity index (χ3v) is 3.11. The summed E-state index contributed by atoms with van der Waals surface area (Å²) in [6.07, 6.45) is 0. The molecule has 0 aromatic heterocycles. The van der Waals surface area contributed by atoms with Gasteiger partial charge in [0.25, 0.3) is 0 Å². The zero-order chi connectivity index (χ0) is 13.1. The van der Waals surface area contributed by atoms with Crippen LogP contribution >= 0.6 is 24.2 Å². The Morgan fingerprint density at radius 3 is 2.76 bits per heavy atom. The molecule has 0 atom stereocenters. The summed E-state index contributed by atoms with van der Waals surface area (Å²) in [5.74, 6) is -0.243. The fraction of sp³-hybridized carbons (Fsp3) is 0.417. The molecule has 1 rings (SSSR count). The van der Waals surface area contributed by atoms with E-state index in [9.17, 15) is 9.18 Å². The number of carbonyl (C=O) groups is 1. The number of carbonyl (C=O) groups excluding carboxylic acids is 1. The van der Waals surface area contributed by atoms with Crippen molar-refractivity contribution < 1.29 is 9.18 Å². The topological polar surface area (TPSA) is 29.1 Å². The van der Waals surface area contributed by atoms with Crippen LogP contribution in [0.4, 0.5) is 4.39 Å². The van der Waals surface area contributed by atoms with E-state index in [4.69, 9.17) is 11.6 Å². The van der Waals surface area contributed by atoms with Gasteiger partial charge in [0.15, 0.2) is 0 Å². The van der Waals surface area contributed by atoms with Crippen LogP contribution in [0.15, 0.2) is 18.2 Å². The Morgan fingerprint density at radius 1 is 1.53 bits per heavy atom. The van der Waals surface area contributed by atoms with Crippen LogP contribution in [0.5, 0.6) is 0 Å². The molecule has 0 heterocycles. The highest BCUT2D eigenvalue weighted by molar-refractivity contribution is 7.80. The molecule has 0 saturated heterocycles. The van der Waals surface area contributed by atoms with Crippen molar-refractivity contribution in [3.8, 4) is 0 Å². The van der Waals surface area contributed by atoms with E-state index < -0.39 is 11.2 Å². The van der Waals surface area contributed by atoms with Gasteiger partial charge in [-0.15, -0.1) is 0 Å². The van der Waals surface area contributed by atoms with E-state index in [2.05, 4.69) is 17.9 Å². The maximum atomic E-state index is 13.9. The summed E-state index contributed by atoms with van der Waals surface area (Å²) in [7, 11) is 0. The number of hydrogen-bond donors (Lipinski definition) is 2. The summed E-state index contributed by atoms with van der Waals surface area (Å²) in [5.41, 5.74) is -0.667. The molecule has 5 heteroatoms. The summed E-state index contributed by atoms with van der Waals surface area (Å²) >= 11 is 9.72. The Morgan fingerprint density at radius 2 is 2.18 bits per heavy atom. The molecular weight excluding hydrogens is 261 g/mol. The third-order valence-electron chi connectivity index (χ3n) is 2.59. The number of amides is 1. The summed E-state index contributed by atoms with van der Waals surface area (Å²) in [6.45, 7) is 3.78. The lowest BCUT2D eigenvalue weighted by Crippen LogP contribution is -2.41. The van der Waals surface area contributed by atoms with Gasteiger partial charge >= 0.3 is 0 Å². The molecule has 0 bridgehead atoms. The van der Waals surface area contributed by atoms with Crippen molar-refractivity contribution in [1.29, 1.82) is 0 Å². The zero-order valence-electron chi connectivity index (χ0n) is 9.76. The van der Waals surface area contributed by atoms with Gasteiger partial charge in [-0.3, -0.25) is 4.79 Å². The van der Waals surface area contributed by atoms with Gasteiger partial charge in [-0.1, -0.05) is 23.7 Å². The Kier molecular flexibility index (Phi) is 4.83.